The van der Waals surface area contributed by atoms with Crippen molar-refractivity contribution < 1.29 is 9.21 Å². The summed E-state index contributed by atoms with van der Waals surface area (Å²) in [5, 5.41) is 0.930. The van der Waals surface area contributed by atoms with E-state index in [1.165, 1.54) is 6.26 Å². The number of rotatable bonds is 8. The summed E-state index contributed by atoms with van der Waals surface area (Å²) in [6, 6.07) is 4.54. The van der Waals surface area contributed by atoms with Crippen LogP contribution in [0.15, 0.2) is 54.7 Å². The molecular weight excluding hydrogens is 228 g/mol. The van der Waals surface area contributed by atoms with Gasteiger partial charge in [-0.3, -0.25) is 4.79 Å². The highest BCUT2D eigenvalue weighted by Gasteiger charge is 2.34. The van der Waals surface area contributed by atoms with Gasteiger partial charge in [-0.05, 0) is 24.2 Å². The zero-order valence-electron chi connectivity index (χ0n) is 10.0. The lowest BCUT2D eigenvalue weighted by atomic mass is 10.4. The Morgan fingerprint density at radius 2 is 1.65 bits per heavy atom. The van der Waals surface area contributed by atoms with Crippen molar-refractivity contribution in [2.75, 3.05) is 0 Å². The molecule has 0 fully saturated rings. The molecule has 0 aromatic carbocycles. The lowest BCUT2D eigenvalue weighted by Gasteiger charge is -2.25. The normalized spacial score (nSPS) is 10.8. The van der Waals surface area contributed by atoms with Gasteiger partial charge >= 0.3 is 0 Å². The first-order chi connectivity index (χ1) is 8.22. The third-order valence-corrected chi connectivity index (χ3v) is 7.40. The van der Waals surface area contributed by atoms with Gasteiger partial charge in [0.25, 0.3) is 0 Å². The molecular formula is C14H18O2Si. The SMILES string of the molecule is C=CC[Si](CC=C)(CC=C)c1cc(C=O)co1. The van der Waals surface area contributed by atoms with Crippen LogP contribution in [0.25, 0.3) is 0 Å². The highest BCUT2D eigenvalue weighted by Crippen LogP contribution is 2.23. The Labute approximate surface area is 103 Å². The molecule has 0 aliphatic heterocycles. The minimum absolute atomic E-state index is 0.592. The molecule has 0 spiro atoms. The fourth-order valence-corrected chi connectivity index (χ4v) is 5.61. The summed E-state index contributed by atoms with van der Waals surface area (Å²) in [6.07, 6.45) is 8.08. The molecule has 0 unspecified atom stereocenters. The lowest BCUT2D eigenvalue weighted by Crippen LogP contribution is -2.45. The molecule has 0 N–H and O–H groups in total. The maximum Gasteiger partial charge on any atom is 0.153 e. The van der Waals surface area contributed by atoms with Gasteiger partial charge in [0.2, 0.25) is 0 Å². The first kappa shape index (κ1) is 13.5. The Hall–Kier alpha value is -1.61. The average molecular weight is 246 g/mol. The van der Waals surface area contributed by atoms with Crippen LogP contribution in [0.3, 0.4) is 0 Å². The van der Waals surface area contributed by atoms with Gasteiger partial charge in [0.1, 0.15) is 14.3 Å². The molecule has 17 heavy (non-hydrogen) atoms. The smallest absolute Gasteiger partial charge is 0.153 e. The monoisotopic (exact) mass is 246 g/mol. The second-order valence-electron chi connectivity index (χ2n) is 4.12. The van der Waals surface area contributed by atoms with Crippen LogP contribution >= 0.6 is 0 Å². The molecule has 0 radical (unpaired) electrons. The number of aldehydes is 1. The summed E-state index contributed by atoms with van der Waals surface area (Å²) in [7, 11) is -1.85. The fraction of sp³-hybridized carbons (Fsp3) is 0.214. The molecule has 2 nitrogen and oxygen atoms in total. The standard InChI is InChI=1S/C14H18O2Si/c1-4-7-17(8-5-2,9-6-3)14-10-13(11-15)12-16-14/h4-6,10-12H,1-3,7-9H2. The van der Waals surface area contributed by atoms with Crippen molar-refractivity contribution in [3.05, 3.63) is 55.9 Å². The van der Waals surface area contributed by atoms with Gasteiger partial charge < -0.3 is 4.42 Å². The van der Waals surface area contributed by atoms with Gasteiger partial charge in [0.05, 0.1) is 10.9 Å². The summed E-state index contributed by atoms with van der Waals surface area (Å²) < 4.78 is 5.57. The van der Waals surface area contributed by atoms with Crippen molar-refractivity contribution in [3.63, 3.8) is 0 Å². The minimum Gasteiger partial charge on any atom is -0.474 e. The van der Waals surface area contributed by atoms with Crippen LogP contribution in [-0.2, 0) is 0 Å². The molecule has 1 aromatic rings. The van der Waals surface area contributed by atoms with Gasteiger partial charge in [-0.25, -0.2) is 0 Å². The highest BCUT2D eigenvalue weighted by atomic mass is 28.3. The fourth-order valence-electron chi connectivity index (χ4n) is 2.07. The molecule has 1 heterocycles. The maximum absolute atomic E-state index is 10.7. The number of carbonyl (C=O) groups excluding carboxylic acids is 1. The Balaban J connectivity index is 3.16. The van der Waals surface area contributed by atoms with Crippen molar-refractivity contribution in [3.8, 4) is 0 Å². The summed E-state index contributed by atoms with van der Waals surface area (Å²) in [6.45, 7) is 11.5. The van der Waals surface area contributed by atoms with E-state index in [1.807, 2.05) is 24.3 Å². The molecule has 90 valence electrons. The number of hydrogen-bond donors (Lipinski definition) is 0. The molecule has 0 aliphatic carbocycles. The number of furan rings is 1. The molecule has 0 aliphatic rings. The largest absolute Gasteiger partial charge is 0.474 e. The van der Waals surface area contributed by atoms with E-state index in [1.54, 1.807) is 0 Å². The molecule has 1 aromatic heterocycles. The van der Waals surface area contributed by atoms with E-state index in [0.717, 1.165) is 29.8 Å². The molecule has 1 rings (SSSR count). The van der Waals surface area contributed by atoms with E-state index in [0.29, 0.717) is 5.56 Å². The summed E-state index contributed by atoms with van der Waals surface area (Å²) in [4.78, 5) is 10.7. The van der Waals surface area contributed by atoms with Crippen LogP contribution in [0.4, 0.5) is 0 Å². The topological polar surface area (TPSA) is 30.2 Å². The zero-order chi connectivity index (χ0) is 12.7. The second-order valence-corrected chi connectivity index (χ2v) is 8.40. The van der Waals surface area contributed by atoms with Crippen LogP contribution < -0.4 is 5.38 Å². The quantitative estimate of drug-likeness (QED) is 0.400. The van der Waals surface area contributed by atoms with Gasteiger partial charge in [-0.2, -0.15) is 0 Å². The second kappa shape index (κ2) is 6.20. The van der Waals surface area contributed by atoms with Crippen molar-refractivity contribution in [1.82, 2.24) is 0 Å². The summed E-state index contributed by atoms with van der Waals surface area (Å²) in [5.74, 6) is 0. The highest BCUT2D eigenvalue weighted by molar-refractivity contribution is 6.92. The number of allylic oxidation sites excluding steroid dienone is 3. The number of carbonyl (C=O) groups is 1. The van der Waals surface area contributed by atoms with Crippen LogP contribution in [0, 0.1) is 0 Å². The lowest BCUT2D eigenvalue weighted by molar-refractivity contribution is 0.112. The van der Waals surface area contributed by atoms with E-state index in [-0.39, 0.29) is 0 Å². The van der Waals surface area contributed by atoms with E-state index in [2.05, 4.69) is 19.7 Å². The Morgan fingerprint density at radius 1 is 1.12 bits per heavy atom. The average Bonchev–Trinajstić information content (AvgIpc) is 2.79. The molecule has 0 amide bonds. The Kier molecular flexibility index (Phi) is 4.91. The molecule has 0 bridgehead atoms. The van der Waals surface area contributed by atoms with Gasteiger partial charge in [-0.15, -0.1) is 19.7 Å². The first-order valence-corrected chi connectivity index (χ1v) is 8.21. The van der Waals surface area contributed by atoms with Crippen LogP contribution in [-0.4, -0.2) is 14.4 Å². The Morgan fingerprint density at radius 3 is 2.00 bits per heavy atom. The predicted molar refractivity (Wildman–Crippen MR) is 74.5 cm³/mol. The number of hydrogen-bond acceptors (Lipinski definition) is 2. The van der Waals surface area contributed by atoms with Crippen LogP contribution in [0.2, 0.25) is 18.1 Å². The first-order valence-electron chi connectivity index (χ1n) is 5.59. The van der Waals surface area contributed by atoms with E-state index < -0.39 is 8.07 Å². The van der Waals surface area contributed by atoms with Crippen molar-refractivity contribution in [2.24, 2.45) is 0 Å². The minimum atomic E-state index is -1.85. The van der Waals surface area contributed by atoms with E-state index in [4.69, 9.17) is 4.42 Å². The molecule has 0 atom stereocenters. The van der Waals surface area contributed by atoms with E-state index >= 15 is 0 Å². The summed E-state index contributed by atoms with van der Waals surface area (Å²) >= 11 is 0. The third-order valence-electron chi connectivity index (χ3n) is 2.88. The van der Waals surface area contributed by atoms with Gasteiger partial charge in [-0.1, -0.05) is 18.2 Å². The Bertz CT molecular complexity index is 391. The van der Waals surface area contributed by atoms with Crippen molar-refractivity contribution >= 4 is 19.7 Å². The zero-order valence-corrected chi connectivity index (χ0v) is 11.0. The van der Waals surface area contributed by atoms with E-state index in [9.17, 15) is 4.79 Å². The predicted octanol–water partition coefficient (Wildman–Crippen LogP) is 3.31. The van der Waals surface area contributed by atoms with Crippen LogP contribution in [0.5, 0.6) is 0 Å². The van der Waals surface area contributed by atoms with Gasteiger partial charge in [0, 0.05) is 0 Å². The van der Waals surface area contributed by atoms with Gasteiger partial charge in [0.15, 0.2) is 6.29 Å². The summed E-state index contributed by atoms with van der Waals surface area (Å²) in [5.41, 5.74) is 0.592. The molecule has 0 saturated heterocycles. The molecule has 3 heteroatoms. The van der Waals surface area contributed by atoms with Crippen LogP contribution in [0.1, 0.15) is 10.4 Å². The van der Waals surface area contributed by atoms with Crippen molar-refractivity contribution in [1.29, 1.82) is 0 Å². The third kappa shape index (κ3) is 2.94. The maximum atomic E-state index is 10.7. The van der Waals surface area contributed by atoms with Crippen molar-refractivity contribution in [2.45, 2.75) is 18.1 Å². The molecule has 0 saturated carbocycles.